The molecule has 1 saturated heterocycles. The van der Waals surface area contributed by atoms with Gasteiger partial charge in [0.15, 0.2) is 0 Å². The van der Waals surface area contributed by atoms with Gasteiger partial charge in [-0.3, -0.25) is 0 Å². The average Bonchev–Trinajstić information content (AvgIpc) is 2.30. The van der Waals surface area contributed by atoms with Crippen LogP contribution in [-0.2, 0) is 14.3 Å². The molecule has 0 spiro atoms. The Bertz CT molecular complexity index is 249. The molecule has 1 rings (SSSR count). The second-order valence-electron chi connectivity index (χ2n) is 4.31. The van der Waals surface area contributed by atoms with Gasteiger partial charge in [-0.2, -0.15) is 0 Å². The Labute approximate surface area is 83.5 Å². The van der Waals surface area contributed by atoms with Crippen molar-refractivity contribution in [2.45, 2.75) is 38.9 Å². The monoisotopic (exact) mass is 200 g/mol. The van der Waals surface area contributed by atoms with Crippen molar-refractivity contribution in [1.29, 1.82) is 0 Å². The largest absolute Gasteiger partial charge is 0.495 e. The van der Waals surface area contributed by atoms with Gasteiger partial charge >= 0.3 is 5.97 Å². The molecule has 1 aliphatic rings. The molecular formula is C10H16O4. The highest BCUT2D eigenvalue weighted by Crippen LogP contribution is 2.17. The van der Waals surface area contributed by atoms with Crippen LogP contribution < -0.4 is 0 Å². The summed E-state index contributed by atoms with van der Waals surface area (Å²) in [5.41, 5.74) is -0.495. The Morgan fingerprint density at radius 3 is 2.71 bits per heavy atom. The summed E-state index contributed by atoms with van der Waals surface area (Å²) >= 11 is 0. The van der Waals surface area contributed by atoms with Crippen LogP contribution in [0.2, 0.25) is 0 Å². The van der Waals surface area contributed by atoms with Gasteiger partial charge in [-0.15, -0.1) is 0 Å². The van der Waals surface area contributed by atoms with Crippen LogP contribution in [0.25, 0.3) is 0 Å². The predicted molar refractivity (Wildman–Crippen MR) is 50.5 cm³/mol. The van der Waals surface area contributed by atoms with Crippen molar-refractivity contribution in [2.24, 2.45) is 0 Å². The zero-order valence-electron chi connectivity index (χ0n) is 8.74. The molecule has 1 aliphatic heterocycles. The molecular weight excluding hydrogens is 184 g/mol. The summed E-state index contributed by atoms with van der Waals surface area (Å²) < 4.78 is 10.1. The first kappa shape index (κ1) is 11.0. The van der Waals surface area contributed by atoms with Crippen LogP contribution in [0.4, 0.5) is 0 Å². The van der Waals surface area contributed by atoms with Gasteiger partial charge in [-0.05, 0) is 20.8 Å². The zero-order chi connectivity index (χ0) is 10.8. The molecule has 14 heavy (non-hydrogen) atoms. The summed E-state index contributed by atoms with van der Waals surface area (Å²) in [6, 6.07) is 0. The summed E-state index contributed by atoms with van der Waals surface area (Å²) in [5, 5.41) is 9.13. The molecule has 0 saturated carbocycles. The topological polar surface area (TPSA) is 55.8 Å². The lowest BCUT2D eigenvalue weighted by Gasteiger charge is -2.18. The molecule has 4 nitrogen and oxygen atoms in total. The summed E-state index contributed by atoms with van der Waals surface area (Å²) in [4.78, 5) is 11.3. The van der Waals surface area contributed by atoms with E-state index in [1.807, 2.05) is 0 Å². The lowest BCUT2D eigenvalue weighted by atomic mass is 10.2. The molecule has 0 aromatic rings. The van der Waals surface area contributed by atoms with E-state index in [1.54, 1.807) is 20.8 Å². The highest BCUT2D eigenvalue weighted by Gasteiger charge is 2.21. The average molecular weight is 200 g/mol. The number of rotatable bonds is 1. The summed E-state index contributed by atoms with van der Waals surface area (Å²) in [6.45, 7) is 5.66. The smallest absolute Gasteiger partial charge is 0.334 e. The fourth-order valence-corrected chi connectivity index (χ4v) is 1.12. The van der Waals surface area contributed by atoms with E-state index in [4.69, 9.17) is 14.6 Å². The zero-order valence-corrected chi connectivity index (χ0v) is 8.74. The molecule has 4 heteroatoms. The first-order valence-corrected chi connectivity index (χ1v) is 4.61. The highest BCUT2D eigenvalue weighted by molar-refractivity contribution is 5.82. The van der Waals surface area contributed by atoms with Crippen molar-refractivity contribution in [1.82, 2.24) is 0 Å². The third kappa shape index (κ3) is 3.79. The first-order chi connectivity index (χ1) is 6.37. The molecule has 0 unspecified atom stereocenters. The SMILES string of the molecule is CC(C)(C)OC(=O)/C=C1/C[C@H](O)CO1. The molecule has 0 bridgehead atoms. The fraction of sp³-hybridized carbons (Fsp3) is 0.700. The molecule has 0 aromatic heterocycles. The van der Waals surface area contributed by atoms with Gasteiger partial charge in [-0.25, -0.2) is 4.79 Å². The molecule has 1 N–H and O–H groups in total. The summed E-state index contributed by atoms with van der Waals surface area (Å²) in [5.74, 6) is 0.0633. The molecule has 0 aromatic carbocycles. The van der Waals surface area contributed by atoms with E-state index in [9.17, 15) is 4.79 Å². The van der Waals surface area contributed by atoms with Crippen LogP contribution in [0.15, 0.2) is 11.8 Å². The lowest BCUT2D eigenvalue weighted by molar-refractivity contribution is -0.148. The van der Waals surface area contributed by atoms with Crippen LogP contribution >= 0.6 is 0 Å². The van der Waals surface area contributed by atoms with Crippen molar-refractivity contribution in [3.63, 3.8) is 0 Å². The van der Waals surface area contributed by atoms with Crippen molar-refractivity contribution >= 4 is 5.97 Å². The van der Waals surface area contributed by atoms with E-state index in [1.165, 1.54) is 6.08 Å². The number of ether oxygens (including phenoxy) is 2. The predicted octanol–water partition coefficient (Wildman–Crippen LogP) is 0.993. The number of carbonyl (C=O) groups is 1. The second kappa shape index (κ2) is 4.00. The van der Waals surface area contributed by atoms with E-state index < -0.39 is 17.7 Å². The Morgan fingerprint density at radius 2 is 2.29 bits per heavy atom. The summed E-state index contributed by atoms with van der Waals surface area (Å²) in [7, 11) is 0. The second-order valence-corrected chi connectivity index (χ2v) is 4.31. The van der Waals surface area contributed by atoms with E-state index in [0.29, 0.717) is 12.2 Å². The fourth-order valence-electron chi connectivity index (χ4n) is 1.12. The number of esters is 1. The Kier molecular flexibility index (Phi) is 3.16. The minimum absolute atomic E-state index is 0.259. The maximum atomic E-state index is 11.3. The third-order valence-electron chi connectivity index (χ3n) is 1.58. The number of hydrogen-bond acceptors (Lipinski definition) is 4. The Hall–Kier alpha value is -1.03. The van der Waals surface area contributed by atoms with Gasteiger partial charge in [-0.1, -0.05) is 0 Å². The number of carbonyl (C=O) groups excluding carboxylic acids is 1. The number of hydrogen-bond donors (Lipinski definition) is 1. The van der Waals surface area contributed by atoms with Gasteiger partial charge in [0.2, 0.25) is 0 Å². The maximum absolute atomic E-state index is 11.3. The van der Waals surface area contributed by atoms with Gasteiger partial charge in [0.05, 0.1) is 12.2 Å². The molecule has 1 atom stereocenters. The Balaban J connectivity index is 2.48. The first-order valence-electron chi connectivity index (χ1n) is 4.61. The molecule has 0 aliphatic carbocycles. The van der Waals surface area contributed by atoms with Crippen LogP contribution in [0, 0.1) is 0 Å². The van der Waals surface area contributed by atoms with Crippen LogP contribution in [0.5, 0.6) is 0 Å². The maximum Gasteiger partial charge on any atom is 0.334 e. The van der Waals surface area contributed by atoms with Crippen LogP contribution in [0.3, 0.4) is 0 Å². The van der Waals surface area contributed by atoms with E-state index in [0.717, 1.165) is 0 Å². The number of aliphatic hydroxyl groups excluding tert-OH is 1. The van der Waals surface area contributed by atoms with Crippen molar-refractivity contribution in [2.75, 3.05) is 6.61 Å². The molecule has 80 valence electrons. The molecule has 1 heterocycles. The molecule has 0 amide bonds. The van der Waals surface area contributed by atoms with E-state index in [2.05, 4.69) is 0 Å². The van der Waals surface area contributed by atoms with E-state index in [-0.39, 0.29) is 6.61 Å². The van der Waals surface area contributed by atoms with Crippen molar-refractivity contribution in [3.05, 3.63) is 11.8 Å². The number of aliphatic hydroxyl groups is 1. The minimum Gasteiger partial charge on any atom is -0.495 e. The van der Waals surface area contributed by atoms with Crippen LogP contribution in [-0.4, -0.2) is 29.4 Å². The third-order valence-corrected chi connectivity index (χ3v) is 1.58. The quantitative estimate of drug-likeness (QED) is 0.506. The van der Waals surface area contributed by atoms with E-state index >= 15 is 0 Å². The van der Waals surface area contributed by atoms with Crippen LogP contribution in [0.1, 0.15) is 27.2 Å². The minimum atomic E-state index is -0.497. The molecule has 1 fully saturated rings. The van der Waals surface area contributed by atoms with Crippen molar-refractivity contribution < 1.29 is 19.4 Å². The molecule has 0 radical (unpaired) electrons. The van der Waals surface area contributed by atoms with Crippen molar-refractivity contribution in [3.8, 4) is 0 Å². The Morgan fingerprint density at radius 1 is 1.64 bits per heavy atom. The lowest BCUT2D eigenvalue weighted by Crippen LogP contribution is -2.22. The van der Waals surface area contributed by atoms with Gasteiger partial charge in [0.25, 0.3) is 0 Å². The standard InChI is InChI=1S/C10H16O4/c1-10(2,3)14-9(12)5-8-4-7(11)6-13-8/h5,7,11H,4,6H2,1-3H3/b8-5-/t7-/m0/s1. The highest BCUT2D eigenvalue weighted by atomic mass is 16.6. The van der Waals surface area contributed by atoms with Gasteiger partial charge in [0, 0.05) is 6.42 Å². The van der Waals surface area contributed by atoms with Gasteiger partial charge < -0.3 is 14.6 Å². The normalized spacial score (nSPS) is 24.9. The van der Waals surface area contributed by atoms with Gasteiger partial charge in [0.1, 0.15) is 18.0 Å². The summed E-state index contributed by atoms with van der Waals surface area (Å²) in [6.07, 6.45) is 1.18.